The molecular weight excluding hydrogens is 456 g/mol. The molecule has 1 aliphatic heterocycles. The number of hydrogen-bond donors (Lipinski definition) is 2. The van der Waals surface area contributed by atoms with Crippen molar-refractivity contribution in [3.05, 3.63) is 68.7 Å². The minimum atomic E-state index is -5.08. The first kappa shape index (κ1) is 25.0. The Bertz CT molecular complexity index is 947. The normalized spacial score (nSPS) is 15.6. The van der Waals surface area contributed by atoms with Crippen molar-refractivity contribution in [3.63, 3.8) is 0 Å². The van der Waals surface area contributed by atoms with Crippen LogP contribution in [-0.2, 0) is 29.0 Å². The maximum atomic E-state index is 12.8. The van der Waals surface area contributed by atoms with E-state index in [-0.39, 0.29) is 18.4 Å². The molecule has 0 bridgehead atoms. The number of rotatable bonds is 3. The summed E-state index contributed by atoms with van der Waals surface area (Å²) in [6.45, 7) is 3.27. The average Bonchev–Trinajstić information content (AvgIpc) is 2.70. The summed E-state index contributed by atoms with van der Waals surface area (Å²) in [6.07, 6.45) is -4.04. The lowest BCUT2D eigenvalue weighted by molar-refractivity contribution is -0.192. The van der Waals surface area contributed by atoms with E-state index in [0.717, 1.165) is 6.42 Å². The topological polar surface area (TPSA) is 83.6 Å². The second kappa shape index (κ2) is 10.3. The maximum absolute atomic E-state index is 12.8. The lowest BCUT2D eigenvalue weighted by atomic mass is 9.89. The molecule has 5 nitrogen and oxygen atoms in total. The van der Waals surface area contributed by atoms with Crippen molar-refractivity contribution < 1.29 is 27.9 Å². The number of amides is 1. The summed E-state index contributed by atoms with van der Waals surface area (Å²) in [5.41, 5.74) is 10.2. The molecule has 0 saturated heterocycles. The molecule has 0 aliphatic carbocycles. The molecule has 0 saturated carbocycles. The van der Waals surface area contributed by atoms with Crippen molar-refractivity contribution in [3.8, 4) is 0 Å². The first-order valence-corrected chi connectivity index (χ1v) is 10.1. The van der Waals surface area contributed by atoms with Crippen molar-refractivity contribution in [2.45, 2.75) is 38.5 Å². The minimum Gasteiger partial charge on any atom is -0.475 e. The molecule has 2 aromatic carbocycles. The number of nitrogens with two attached hydrogens (primary N) is 1. The van der Waals surface area contributed by atoms with Gasteiger partial charge in [0.2, 0.25) is 5.91 Å². The summed E-state index contributed by atoms with van der Waals surface area (Å²) >= 11 is 12.4. The van der Waals surface area contributed by atoms with Gasteiger partial charge < -0.3 is 15.7 Å². The van der Waals surface area contributed by atoms with Gasteiger partial charge in [0.1, 0.15) is 0 Å². The number of benzene rings is 2. The van der Waals surface area contributed by atoms with Gasteiger partial charge in [0.25, 0.3) is 0 Å². The second-order valence-corrected chi connectivity index (χ2v) is 7.70. The number of hydrogen-bond acceptors (Lipinski definition) is 3. The van der Waals surface area contributed by atoms with Gasteiger partial charge in [0.05, 0.1) is 12.5 Å². The standard InChI is InChI=1S/C19H20Cl2N2O.C2HF3O2/c1-12-14-5-2-4-13(11-22)15(14)8-9-23(12)19(24)10-16-17(20)6-3-7-18(16)21;3-2(4,5)1(6)7/h2-7,12H,8-11,22H2,1H3;(H,6,7). The lowest BCUT2D eigenvalue weighted by Gasteiger charge is -2.36. The number of nitrogens with zero attached hydrogens (tertiary/aromatic N) is 1. The van der Waals surface area contributed by atoms with Gasteiger partial charge in [-0.1, -0.05) is 47.5 Å². The highest BCUT2D eigenvalue weighted by Crippen LogP contribution is 2.33. The van der Waals surface area contributed by atoms with Crippen LogP contribution >= 0.6 is 23.2 Å². The molecule has 1 amide bonds. The predicted octanol–water partition coefficient (Wildman–Crippen LogP) is 4.77. The van der Waals surface area contributed by atoms with Crippen LogP contribution in [-0.4, -0.2) is 34.6 Å². The highest BCUT2D eigenvalue weighted by Gasteiger charge is 2.38. The lowest BCUT2D eigenvalue weighted by Crippen LogP contribution is -2.40. The highest BCUT2D eigenvalue weighted by molar-refractivity contribution is 6.36. The summed E-state index contributed by atoms with van der Waals surface area (Å²) in [5, 5.41) is 8.19. The molecule has 1 aliphatic rings. The van der Waals surface area contributed by atoms with Crippen LogP contribution in [0, 0.1) is 0 Å². The molecule has 1 unspecified atom stereocenters. The largest absolute Gasteiger partial charge is 0.490 e. The number of halogens is 5. The van der Waals surface area contributed by atoms with Gasteiger partial charge in [-0.3, -0.25) is 4.79 Å². The number of alkyl halides is 3. The van der Waals surface area contributed by atoms with Crippen molar-refractivity contribution in [1.29, 1.82) is 0 Å². The summed E-state index contributed by atoms with van der Waals surface area (Å²) in [7, 11) is 0. The predicted molar refractivity (Wildman–Crippen MR) is 112 cm³/mol. The summed E-state index contributed by atoms with van der Waals surface area (Å²) in [6, 6.07) is 11.5. The van der Waals surface area contributed by atoms with Crippen LogP contribution in [0.3, 0.4) is 0 Å². The molecule has 3 rings (SSSR count). The molecule has 168 valence electrons. The minimum absolute atomic E-state index is 0.0222. The zero-order chi connectivity index (χ0) is 23.3. The van der Waals surface area contributed by atoms with Crippen molar-refractivity contribution in [2.75, 3.05) is 6.54 Å². The Morgan fingerprint density at radius 1 is 1.16 bits per heavy atom. The number of aliphatic carboxylic acids is 1. The molecule has 0 aromatic heterocycles. The third-order valence-electron chi connectivity index (χ3n) is 5.00. The number of carbonyl (C=O) groups is 2. The molecular formula is C21H21Cl2F3N2O3. The molecule has 1 atom stereocenters. The van der Waals surface area contributed by atoms with E-state index in [1.807, 2.05) is 11.0 Å². The molecule has 3 N–H and O–H groups in total. The molecule has 0 radical (unpaired) electrons. The van der Waals surface area contributed by atoms with E-state index < -0.39 is 12.1 Å². The van der Waals surface area contributed by atoms with Crippen molar-refractivity contribution in [1.82, 2.24) is 4.90 Å². The first-order valence-electron chi connectivity index (χ1n) is 9.30. The Morgan fingerprint density at radius 3 is 2.23 bits per heavy atom. The van der Waals surface area contributed by atoms with E-state index in [9.17, 15) is 18.0 Å². The molecule has 31 heavy (non-hydrogen) atoms. The van der Waals surface area contributed by atoms with Crippen LogP contribution in [0.4, 0.5) is 13.2 Å². The number of carbonyl (C=O) groups excluding carboxylic acids is 1. The Labute approximate surface area is 187 Å². The maximum Gasteiger partial charge on any atom is 0.490 e. The first-order chi connectivity index (χ1) is 14.5. The van der Waals surface area contributed by atoms with Gasteiger partial charge in [0.15, 0.2) is 0 Å². The smallest absolute Gasteiger partial charge is 0.475 e. The van der Waals surface area contributed by atoms with Crippen LogP contribution in [0.15, 0.2) is 36.4 Å². The quantitative estimate of drug-likeness (QED) is 0.667. The van der Waals surface area contributed by atoms with Crippen molar-refractivity contribution >= 4 is 35.1 Å². The monoisotopic (exact) mass is 476 g/mol. The SMILES string of the molecule is CC1c2cccc(CN)c2CCN1C(=O)Cc1c(Cl)cccc1Cl.O=C(O)C(F)(F)F. The summed E-state index contributed by atoms with van der Waals surface area (Å²) in [5.74, 6) is -2.71. The van der Waals surface area contributed by atoms with Gasteiger partial charge >= 0.3 is 12.1 Å². The van der Waals surface area contributed by atoms with Gasteiger partial charge in [-0.2, -0.15) is 13.2 Å². The van der Waals surface area contributed by atoms with Gasteiger partial charge in [0, 0.05) is 23.1 Å². The van der Waals surface area contributed by atoms with Crippen LogP contribution in [0.2, 0.25) is 10.0 Å². The molecule has 0 fully saturated rings. The Balaban J connectivity index is 0.000000423. The number of fused-ring (bicyclic) bond motifs is 1. The Kier molecular flexibility index (Phi) is 8.34. The fourth-order valence-corrected chi connectivity index (χ4v) is 3.96. The second-order valence-electron chi connectivity index (χ2n) is 6.88. The number of carboxylic acid groups (broad SMARTS) is 1. The van der Waals surface area contributed by atoms with E-state index in [4.69, 9.17) is 38.8 Å². The average molecular weight is 477 g/mol. The van der Waals surface area contributed by atoms with Gasteiger partial charge in [-0.25, -0.2) is 4.79 Å². The van der Waals surface area contributed by atoms with Gasteiger partial charge in [-0.05, 0) is 47.7 Å². The Hall–Kier alpha value is -2.29. The fourth-order valence-electron chi connectivity index (χ4n) is 3.43. The van der Waals surface area contributed by atoms with E-state index in [2.05, 4.69) is 19.1 Å². The van der Waals surface area contributed by atoms with E-state index in [1.165, 1.54) is 16.7 Å². The number of carboxylic acids is 1. The van der Waals surface area contributed by atoms with Crippen molar-refractivity contribution in [2.24, 2.45) is 5.73 Å². The third-order valence-corrected chi connectivity index (χ3v) is 5.71. The van der Waals surface area contributed by atoms with Crippen LogP contribution in [0.5, 0.6) is 0 Å². The van der Waals surface area contributed by atoms with E-state index >= 15 is 0 Å². The molecule has 10 heteroatoms. The highest BCUT2D eigenvalue weighted by atomic mass is 35.5. The molecule has 1 heterocycles. The summed E-state index contributed by atoms with van der Waals surface area (Å²) in [4.78, 5) is 23.6. The Morgan fingerprint density at radius 2 is 1.71 bits per heavy atom. The zero-order valence-corrected chi connectivity index (χ0v) is 18.1. The molecule has 2 aromatic rings. The zero-order valence-electron chi connectivity index (χ0n) is 16.5. The van der Waals surface area contributed by atoms with Gasteiger partial charge in [-0.15, -0.1) is 0 Å². The fraction of sp³-hybridized carbons (Fsp3) is 0.333. The van der Waals surface area contributed by atoms with E-state index in [1.54, 1.807) is 18.2 Å². The van der Waals surface area contributed by atoms with E-state index in [0.29, 0.717) is 28.7 Å². The van der Waals surface area contributed by atoms with Crippen LogP contribution in [0.1, 0.15) is 35.2 Å². The van der Waals surface area contributed by atoms with Crippen LogP contribution in [0.25, 0.3) is 0 Å². The van der Waals surface area contributed by atoms with Crippen LogP contribution < -0.4 is 5.73 Å². The third kappa shape index (κ3) is 6.12. The summed E-state index contributed by atoms with van der Waals surface area (Å²) < 4.78 is 31.7. The molecule has 0 spiro atoms.